The zero-order valence-corrected chi connectivity index (χ0v) is 15.0. The molecule has 1 aromatic heterocycles. The Balaban J connectivity index is 1.48. The summed E-state index contributed by atoms with van der Waals surface area (Å²) in [5.41, 5.74) is 6.17. The number of piperazine rings is 1. The van der Waals surface area contributed by atoms with Gasteiger partial charge in [0.15, 0.2) is 0 Å². The molecular weight excluding hydrogens is 302 g/mol. The van der Waals surface area contributed by atoms with Gasteiger partial charge >= 0.3 is 0 Å². The van der Waals surface area contributed by atoms with Crippen molar-refractivity contribution in [2.75, 3.05) is 26.2 Å². The molecular formula is C19H31N3O2. The van der Waals surface area contributed by atoms with Gasteiger partial charge in [0, 0.05) is 32.2 Å². The summed E-state index contributed by atoms with van der Waals surface area (Å²) in [4.78, 5) is 17.1. The fourth-order valence-corrected chi connectivity index (χ4v) is 4.21. The van der Waals surface area contributed by atoms with Gasteiger partial charge in [-0.05, 0) is 43.6 Å². The van der Waals surface area contributed by atoms with Crippen LogP contribution in [-0.4, -0.2) is 47.9 Å². The lowest BCUT2D eigenvalue weighted by Gasteiger charge is -2.42. The van der Waals surface area contributed by atoms with Crippen LogP contribution in [0.2, 0.25) is 0 Å². The first-order valence-electron chi connectivity index (χ1n) is 9.39. The Hall–Kier alpha value is -1.33. The minimum atomic E-state index is 0.0709. The summed E-state index contributed by atoms with van der Waals surface area (Å²) < 4.78 is 5.29. The number of carbonyl (C=O) groups is 1. The largest absolute Gasteiger partial charge is 0.467 e. The van der Waals surface area contributed by atoms with Crippen molar-refractivity contribution in [2.24, 2.45) is 17.6 Å². The molecule has 2 aliphatic rings. The third kappa shape index (κ3) is 3.83. The van der Waals surface area contributed by atoms with Gasteiger partial charge in [-0.2, -0.15) is 0 Å². The van der Waals surface area contributed by atoms with Gasteiger partial charge in [0.1, 0.15) is 12.0 Å². The number of rotatable bonds is 4. The molecule has 0 bridgehead atoms. The van der Waals surface area contributed by atoms with Crippen LogP contribution in [0.25, 0.3) is 0 Å². The van der Waals surface area contributed by atoms with Gasteiger partial charge in [-0.1, -0.05) is 13.8 Å². The molecule has 2 fully saturated rings. The average Bonchev–Trinajstić information content (AvgIpc) is 3.10. The summed E-state index contributed by atoms with van der Waals surface area (Å²) in [6.07, 6.45) is 6.89. The molecule has 0 unspecified atom stereocenters. The molecule has 1 aromatic rings. The molecule has 0 atom stereocenters. The van der Waals surface area contributed by atoms with Crippen LogP contribution in [0.5, 0.6) is 0 Å². The first-order valence-corrected chi connectivity index (χ1v) is 9.39. The topological polar surface area (TPSA) is 62.7 Å². The van der Waals surface area contributed by atoms with E-state index >= 15 is 0 Å². The van der Waals surface area contributed by atoms with Gasteiger partial charge in [-0.15, -0.1) is 0 Å². The number of nitrogens with zero attached hydrogens (tertiary/aromatic N) is 2. The van der Waals surface area contributed by atoms with Crippen LogP contribution < -0.4 is 5.73 Å². The van der Waals surface area contributed by atoms with E-state index in [9.17, 15) is 4.79 Å². The van der Waals surface area contributed by atoms with Gasteiger partial charge in [-0.25, -0.2) is 0 Å². The summed E-state index contributed by atoms with van der Waals surface area (Å²) in [6, 6.07) is 2.48. The fraction of sp³-hybridized carbons (Fsp3) is 0.737. The molecule has 1 saturated heterocycles. The SMILES string of the molecule is CC(C)C1CCC(N2CCN(C(=O)c3coc(CN)c3)CC2)CC1. The van der Waals surface area contributed by atoms with Crippen LogP contribution in [0.1, 0.15) is 55.6 Å². The van der Waals surface area contributed by atoms with Crippen LogP contribution in [0.4, 0.5) is 0 Å². The Bertz CT molecular complexity index is 539. The predicted molar refractivity (Wildman–Crippen MR) is 94.7 cm³/mol. The van der Waals surface area contributed by atoms with Crippen LogP contribution in [0.15, 0.2) is 16.7 Å². The molecule has 24 heavy (non-hydrogen) atoms. The van der Waals surface area contributed by atoms with Crippen molar-refractivity contribution in [3.63, 3.8) is 0 Å². The number of nitrogens with two attached hydrogens (primary N) is 1. The maximum atomic E-state index is 12.5. The van der Waals surface area contributed by atoms with E-state index < -0.39 is 0 Å². The van der Waals surface area contributed by atoms with E-state index in [1.165, 1.54) is 31.9 Å². The number of hydrogen-bond acceptors (Lipinski definition) is 4. The van der Waals surface area contributed by atoms with E-state index in [-0.39, 0.29) is 5.91 Å². The summed E-state index contributed by atoms with van der Waals surface area (Å²) in [6.45, 7) is 8.63. The molecule has 5 nitrogen and oxygen atoms in total. The highest BCUT2D eigenvalue weighted by molar-refractivity contribution is 5.94. The monoisotopic (exact) mass is 333 g/mol. The highest BCUT2D eigenvalue weighted by atomic mass is 16.3. The molecule has 1 saturated carbocycles. The number of hydrogen-bond donors (Lipinski definition) is 1. The zero-order valence-electron chi connectivity index (χ0n) is 15.0. The molecule has 0 spiro atoms. The predicted octanol–water partition coefficient (Wildman–Crippen LogP) is 2.71. The normalized spacial score (nSPS) is 26.1. The van der Waals surface area contributed by atoms with Crippen molar-refractivity contribution in [1.29, 1.82) is 0 Å². The number of amides is 1. The summed E-state index contributed by atoms with van der Waals surface area (Å²) in [7, 11) is 0. The van der Waals surface area contributed by atoms with Crippen LogP contribution >= 0.6 is 0 Å². The summed E-state index contributed by atoms with van der Waals surface area (Å²) >= 11 is 0. The third-order valence-corrected chi connectivity index (χ3v) is 5.90. The zero-order chi connectivity index (χ0) is 17.1. The lowest BCUT2D eigenvalue weighted by Crippen LogP contribution is -2.52. The number of furan rings is 1. The molecule has 2 N–H and O–H groups in total. The maximum Gasteiger partial charge on any atom is 0.257 e. The molecule has 1 aliphatic heterocycles. The lowest BCUT2D eigenvalue weighted by molar-refractivity contribution is 0.0477. The molecule has 0 aromatic carbocycles. The summed E-state index contributed by atoms with van der Waals surface area (Å²) in [5.74, 6) is 2.45. The molecule has 2 heterocycles. The Morgan fingerprint density at radius 1 is 1.21 bits per heavy atom. The molecule has 0 radical (unpaired) electrons. The molecule has 5 heteroatoms. The molecule has 1 aliphatic carbocycles. The van der Waals surface area contributed by atoms with Crippen molar-refractivity contribution >= 4 is 5.91 Å². The molecule has 134 valence electrons. The average molecular weight is 333 g/mol. The second-order valence-electron chi connectivity index (χ2n) is 7.65. The highest BCUT2D eigenvalue weighted by Crippen LogP contribution is 2.32. The quantitative estimate of drug-likeness (QED) is 0.920. The van der Waals surface area contributed by atoms with Crippen molar-refractivity contribution in [2.45, 2.75) is 52.1 Å². The van der Waals surface area contributed by atoms with Crippen molar-refractivity contribution in [3.8, 4) is 0 Å². The van der Waals surface area contributed by atoms with Crippen LogP contribution in [0.3, 0.4) is 0 Å². The fourth-order valence-electron chi connectivity index (χ4n) is 4.21. The van der Waals surface area contributed by atoms with Gasteiger partial charge < -0.3 is 15.1 Å². The van der Waals surface area contributed by atoms with Crippen molar-refractivity contribution in [3.05, 3.63) is 23.7 Å². The highest BCUT2D eigenvalue weighted by Gasteiger charge is 2.30. The van der Waals surface area contributed by atoms with Crippen LogP contribution in [-0.2, 0) is 6.54 Å². The van der Waals surface area contributed by atoms with Crippen molar-refractivity contribution < 1.29 is 9.21 Å². The van der Waals surface area contributed by atoms with E-state index in [1.807, 2.05) is 4.90 Å². The first-order chi connectivity index (χ1) is 11.6. The van der Waals surface area contributed by atoms with E-state index in [4.69, 9.17) is 10.2 Å². The Labute approximate surface area is 145 Å². The van der Waals surface area contributed by atoms with E-state index in [0.717, 1.165) is 44.1 Å². The molecule has 1 amide bonds. The minimum Gasteiger partial charge on any atom is -0.467 e. The second kappa shape index (κ2) is 7.70. The Morgan fingerprint density at radius 2 is 1.88 bits per heavy atom. The van der Waals surface area contributed by atoms with Gasteiger partial charge in [0.05, 0.1) is 12.1 Å². The Morgan fingerprint density at radius 3 is 2.42 bits per heavy atom. The van der Waals surface area contributed by atoms with Gasteiger partial charge in [0.25, 0.3) is 5.91 Å². The third-order valence-electron chi connectivity index (χ3n) is 5.90. The molecule has 3 rings (SSSR count). The standard InChI is InChI=1S/C19H31N3O2/c1-14(2)15-3-5-17(6-4-15)21-7-9-22(10-8-21)19(23)16-11-18(12-20)24-13-16/h11,13-15,17H,3-10,12,20H2,1-2H3. The second-order valence-corrected chi connectivity index (χ2v) is 7.65. The summed E-state index contributed by atoms with van der Waals surface area (Å²) in [5, 5.41) is 0. The lowest BCUT2D eigenvalue weighted by atomic mass is 9.79. The smallest absolute Gasteiger partial charge is 0.257 e. The minimum absolute atomic E-state index is 0.0709. The van der Waals surface area contributed by atoms with E-state index in [0.29, 0.717) is 17.9 Å². The number of carbonyl (C=O) groups excluding carboxylic acids is 1. The van der Waals surface area contributed by atoms with Crippen LogP contribution in [0, 0.1) is 11.8 Å². The van der Waals surface area contributed by atoms with E-state index in [2.05, 4.69) is 18.7 Å². The first kappa shape index (κ1) is 17.5. The van der Waals surface area contributed by atoms with Crippen molar-refractivity contribution in [1.82, 2.24) is 9.80 Å². The van der Waals surface area contributed by atoms with Gasteiger partial charge in [-0.3, -0.25) is 9.69 Å². The maximum absolute atomic E-state index is 12.5. The Kier molecular flexibility index (Phi) is 5.61. The van der Waals surface area contributed by atoms with E-state index in [1.54, 1.807) is 6.07 Å². The van der Waals surface area contributed by atoms with Gasteiger partial charge in [0.2, 0.25) is 0 Å².